The van der Waals surface area contributed by atoms with Crippen molar-refractivity contribution in [2.24, 2.45) is 0 Å². The van der Waals surface area contributed by atoms with E-state index in [2.05, 4.69) is 9.97 Å². The minimum absolute atomic E-state index is 0.0574. The molecule has 1 aromatic heterocycles. The highest BCUT2D eigenvalue weighted by Gasteiger charge is 2.10. The quantitative estimate of drug-likeness (QED) is 0.635. The van der Waals surface area contributed by atoms with Gasteiger partial charge in [-0.2, -0.15) is 4.98 Å². The predicted octanol–water partition coefficient (Wildman–Crippen LogP) is 1.45. The fourth-order valence-corrected chi connectivity index (χ4v) is 1.80. The first-order valence-corrected chi connectivity index (χ1v) is 5.59. The number of hydrogen-bond acceptors (Lipinski definition) is 6. The van der Waals surface area contributed by atoms with Gasteiger partial charge in [-0.15, -0.1) is 0 Å². The standard InChI is InChI=1S/C12H13N5O2/c1-7-10(11(13)16-12(14)15-7)6-8-2-4-9(5-3-8)17(18)19/h2-5H,6H2,1H3,(H4,13,14,15,16). The smallest absolute Gasteiger partial charge is 0.269 e. The first-order chi connectivity index (χ1) is 8.97. The van der Waals surface area contributed by atoms with Crippen molar-refractivity contribution in [3.8, 4) is 0 Å². The summed E-state index contributed by atoms with van der Waals surface area (Å²) in [4.78, 5) is 18.1. The summed E-state index contributed by atoms with van der Waals surface area (Å²) in [5, 5.41) is 10.6. The van der Waals surface area contributed by atoms with Crippen LogP contribution in [0.3, 0.4) is 0 Å². The maximum atomic E-state index is 10.6. The lowest BCUT2D eigenvalue weighted by Crippen LogP contribution is -2.07. The number of benzene rings is 1. The molecular formula is C12H13N5O2. The number of rotatable bonds is 3. The molecule has 0 saturated heterocycles. The van der Waals surface area contributed by atoms with E-state index in [9.17, 15) is 10.1 Å². The molecule has 0 amide bonds. The molecule has 0 aliphatic heterocycles. The first kappa shape index (κ1) is 12.7. The third kappa shape index (κ3) is 2.76. The van der Waals surface area contributed by atoms with Gasteiger partial charge < -0.3 is 11.5 Å². The number of aryl methyl sites for hydroxylation is 1. The summed E-state index contributed by atoms with van der Waals surface area (Å²) in [5.74, 6) is 0.478. The number of nitrogen functional groups attached to an aromatic ring is 2. The van der Waals surface area contributed by atoms with E-state index in [0.29, 0.717) is 17.9 Å². The molecule has 0 aliphatic rings. The van der Waals surface area contributed by atoms with Crippen LogP contribution >= 0.6 is 0 Å². The number of nitro benzene ring substituents is 1. The van der Waals surface area contributed by atoms with Gasteiger partial charge in [0.05, 0.1) is 4.92 Å². The molecule has 19 heavy (non-hydrogen) atoms. The van der Waals surface area contributed by atoms with Gasteiger partial charge in [0, 0.05) is 29.8 Å². The van der Waals surface area contributed by atoms with Crippen LogP contribution in [0.1, 0.15) is 16.8 Å². The summed E-state index contributed by atoms with van der Waals surface area (Å²) in [6.07, 6.45) is 0.510. The van der Waals surface area contributed by atoms with Crippen molar-refractivity contribution in [2.75, 3.05) is 11.5 Å². The molecule has 0 fully saturated rings. The largest absolute Gasteiger partial charge is 0.383 e. The summed E-state index contributed by atoms with van der Waals surface area (Å²) in [6, 6.07) is 6.29. The molecule has 0 atom stereocenters. The van der Waals surface area contributed by atoms with Crippen LogP contribution in [0.4, 0.5) is 17.5 Å². The summed E-state index contributed by atoms with van der Waals surface area (Å²) in [6.45, 7) is 1.80. The average molecular weight is 259 g/mol. The molecule has 2 rings (SSSR count). The number of anilines is 2. The van der Waals surface area contributed by atoms with Gasteiger partial charge in [0.15, 0.2) is 0 Å². The molecule has 1 aromatic carbocycles. The van der Waals surface area contributed by atoms with Crippen LogP contribution in [0, 0.1) is 17.0 Å². The zero-order valence-corrected chi connectivity index (χ0v) is 10.3. The summed E-state index contributed by atoms with van der Waals surface area (Å²) in [5.41, 5.74) is 13.8. The molecule has 98 valence electrons. The topological polar surface area (TPSA) is 121 Å². The SMILES string of the molecule is Cc1nc(N)nc(N)c1Cc1ccc([N+](=O)[O-])cc1. The van der Waals surface area contributed by atoms with Crippen molar-refractivity contribution in [1.29, 1.82) is 0 Å². The first-order valence-electron chi connectivity index (χ1n) is 5.59. The van der Waals surface area contributed by atoms with Gasteiger partial charge in [-0.3, -0.25) is 10.1 Å². The second kappa shape index (κ2) is 4.89. The highest BCUT2D eigenvalue weighted by atomic mass is 16.6. The van der Waals surface area contributed by atoms with E-state index < -0.39 is 4.92 Å². The van der Waals surface area contributed by atoms with Crippen LogP contribution in [0.15, 0.2) is 24.3 Å². The highest BCUT2D eigenvalue weighted by Crippen LogP contribution is 2.20. The van der Waals surface area contributed by atoms with E-state index in [4.69, 9.17) is 11.5 Å². The fraction of sp³-hybridized carbons (Fsp3) is 0.167. The van der Waals surface area contributed by atoms with Crippen molar-refractivity contribution in [3.63, 3.8) is 0 Å². The molecule has 0 unspecified atom stereocenters. The third-order valence-electron chi connectivity index (χ3n) is 2.79. The number of hydrogen-bond donors (Lipinski definition) is 2. The van der Waals surface area contributed by atoms with E-state index >= 15 is 0 Å². The number of nitro groups is 1. The van der Waals surface area contributed by atoms with Crippen molar-refractivity contribution >= 4 is 17.5 Å². The fourth-order valence-electron chi connectivity index (χ4n) is 1.80. The number of nitrogens with zero attached hydrogens (tertiary/aromatic N) is 3. The van der Waals surface area contributed by atoms with Crippen LogP contribution in [0.2, 0.25) is 0 Å². The van der Waals surface area contributed by atoms with Crippen LogP contribution < -0.4 is 11.5 Å². The Kier molecular flexibility index (Phi) is 3.28. The van der Waals surface area contributed by atoms with E-state index in [-0.39, 0.29) is 11.6 Å². The van der Waals surface area contributed by atoms with E-state index in [1.807, 2.05) is 0 Å². The van der Waals surface area contributed by atoms with Gasteiger partial charge in [-0.05, 0) is 12.5 Å². The minimum atomic E-state index is -0.435. The molecule has 0 aliphatic carbocycles. The lowest BCUT2D eigenvalue weighted by molar-refractivity contribution is -0.384. The monoisotopic (exact) mass is 259 g/mol. The van der Waals surface area contributed by atoms with Crippen molar-refractivity contribution in [1.82, 2.24) is 9.97 Å². The van der Waals surface area contributed by atoms with Gasteiger partial charge >= 0.3 is 0 Å². The van der Waals surface area contributed by atoms with Gasteiger partial charge in [0.25, 0.3) is 5.69 Å². The molecular weight excluding hydrogens is 246 g/mol. The molecule has 0 saturated carbocycles. The minimum Gasteiger partial charge on any atom is -0.383 e. The zero-order valence-electron chi connectivity index (χ0n) is 10.3. The Morgan fingerprint density at radius 1 is 1.21 bits per heavy atom. The number of aromatic nitrogens is 2. The normalized spacial score (nSPS) is 10.4. The molecule has 0 radical (unpaired) electrons. The van der Waals surface area contributed by atoms with Gasteiger partial charge in [0.2, 0.25) is 5.95 Å². The maximum absolute atomic E-state index is 10.6. The molecule has 7 nitrogen and oxygen atoms in total. The van der Waals surface area contributed by atoms with E-state index in [1.54, 1.807) is 19.1 Å². The molecule has 2 aromatic rings. The predicted molar refractivity (Wildman–Crippen MR) is 71.5 cm³/mol. The van der Waals surface area contributed by atoms with Crippen LogP contribution in [0.25, 0.3) is 0 Å². The molecule has 0 spiro atoms. The molecule has 1 heterocycles. The second-order valence-corrected chi connectivity index (χ2v) is 4.13. The van der Waals surface area contributed by atoms with E-state index in [0.717, 1.165) is 11.1 Å². The summed E-state index contributed by atoms with van der Waals surface area (Å²) >= 11 is 0. The van der Waals surface area contributed by atoms with Gasteiger partial charge in [0.1, 0.15) is 5.82 Å². The van der Waals surface area contributed by atoms with Crippen LogP contribution in [-0.4, -0.2) is 14.9 Å². The molecule has 7 heteroatoms. The summed E-state index contributed by atoms with van der Waals surface area (Å²) in [7, 11) is 0. The van der Waals surface area contributed by atoms with Gasteiger partial charge in [-0.1, -0.05) is 12.1 Å². The lowest BCUT2D eigenvalue weighted by atomic mass is 10.0. The van der Waals surface area contributed by atoms with Gasteiger partial charge in [-0.25, -0.2) is 4.98 Å². The Hall–Kier alpha value is -2.70. The van der Waals surface area contributed by atoms with Crippen molar-refractivity contribution < 1.29 is 4.92 Å². The lowest BCUT2D eigenvalue weighted by Gasteiger charge is -2.08. The Balaban J connectivity index is 2.29. The number of non-ortho nitro benzene ring substituents is 1. The molecule has 4 N–H and O–H groups in total. The van der Waals surface area contributed by atoms with Crippen molar-refractivity contribution in [2.45, 2.75) is 13.3 Å². The second-order valence-electron chi connectivity index (χ2n) is 4.13. The molecule has 0 bridgehead atoms. The Morgan fingerprint density at radius 2 is 1.84 bits per heavy atom. The third-order valence-corrected chi connectivity index (χ3v) is 2.79. The number of nitrogens with two attached hydrogens (primary N) is 2. The highest BCUT2D eigenvalue weighted by molar-refractivity contribution is 5.48. The maximum Gasteiger partial charge on any atom is 0.269 e. The van der Waals surface area contributed by atoms with Crippen molar-refractivity contribution in [3.05, 3.63) is 51.2 Å². The Bertz CT molecular complexity index is 602. The average Bonchev–Trinajstić information content (AvgIpc) is 2.34. The van der Waals surface area contributed by atoms with Crippen LogP contribution in [-0.2, 0) is 6.42 Å². The summed E-state index contributed by atoms with van der Waals surface area (Å²) < 4.78 is 0. The Labute approximate surface area is 109 Å². The van der Waals surface area contributed by atoms with Crippen LogP contribution in [0.5, 0.6) is 0 Å². The zero-order chi connectivity index (χ0) is 14.0. The Morgan fingerprint density at radius 3 is 2.37 bits per heavy atom. The van der Waals surface area contributed by atoms with E-state index in [1.165, 1.54) is 12.1 Å².